The second-order valence-electron chi connectivity index (χ2n) is 4.22. The molecular formula is C13H12Br2N2O2S. The Morgan fingerprint density at radius 1 is 1.20 bits per heavy atom. The third kappa shape index (κ3) is 2.89. The van der Waals surface area contributed by atoms with Crippen molar-refractivity contribution in [2.45, 2.75) is 11.8 Å². The van der Waals surface area contributed by atoms with Crippen LogP contribution in [0.2, 0.25) is 0 Å². The summed E-state index contributed by atoms with van der Waals surface area (Å²) in [6.07, 6.45) is 3.11. The van der Waals surface area contributed by atoms with Crippen molar-refractivity contribution in [3.63, 3.8) is 0 Å². The molecule has 0 bridgehead atoms. The lowest BCUT2D eigenvalue weighted by Gasteiger charge is -2.20. The maximum absolute atomic E-state index is 12.7. The summed E-state index contributed by atoms with van der Waals surface area (Å²) in [5, 5.41) is 0. The van der Waals surface area contributed by atoms with E-state index < -0.39 is 10.0 Å². The van der Waals surface area contributed by atoms with Crippen molar-refractivity contribution in [2.75, 3.05) is 11.4 Å². The Labute approximate surface area is 135 Å². The van der Waals surface area contributed by atoms with Gasteiger partial charge in [0, 0.05) is 22.2 Å². The topological polar surface area (TPSA) is 50.3 Å². The monoisotopic (exact) mass is 418 g/mol. The molecule has 0 saturated carbocycles. The SMILES string of the molecule is Cc1cc(Br)c(S(=O)(=O)N(C)c2cccnc2)cc1Br. The van der Waals surface area contributed by atoms with Crippen molar-refractivity contribution >= 4 is 47.6 Å². The highest BCUT2D eigenvalue weighted by Gasteiger charge is 2.24. The molecule has 7 heteroatoms. The van der Waals surface area contributed by atoms with E-state index in [9.17, 15) is 8.42 Å². The Hall–Kier alpha value is -0.920. The first-order valence-corrected chi connectivity index (χ1v) is 8.71. The number of hydrogen-bond acceptors (Lipinski definition) is 3. The molecule has 0 saturated heterocycles. The van der Waals surface area contributed by atoms with Crippen LogP contribution in [-0.2, 0) is 10.0 Å². The van der Waals surface area contributed by atoms with Gasteiger partial charge in [-0.05, 0) is 52.7 Å². The zero-order chi connectivity index (χ0) is 14.9. The second-order valence-corrected chi connectivity index (χ2v) is 7.86. The Morgan fingerprint density at radius 2 is 1.90 bits per heavy atom. The molecule has 0 fully saturated rings. The van der Waals surface area contributed by atoms with Crippen LogP contribution in [0, 0.1) is 6.92 Å². The van der Waals surface area contributed by atoms with Gasteiger partial charge in [0.2, 0.25) is 0 Å². The molecule has 2 rings (SSSR count). The average molecular weight is 420 g/mol. The molecule has 0 amide bonds. The maximum atomic E-state index is 12.7. The molecule has 0 unspecified atom stereocenters. The van der Waals surface area contributed by atoms with Crippen LogP contribution >= 0.6 is 31.9 Å². The van der Waals surface area contributed by atoms with E-state index in [0.29, 0.717) is 10.2 Å². The first-order chi connectivity index (χ1) is 9.34. The van der Waals surface area contributed by atoms with E-state index in [-0.39, 0.29) is 4.90 Å². The number of pyridine rings is 1. The van der Waals surface area contributed by atoms with Crippen molar-refractivity contribution in [3.05, 3.63) is 51.2 Å². The molecule has 0 radical (unpaired) electrons. The summed E-state index contributed by atoms with van der Waals surface area (Å²) in [7, 11) is -2.14. The first kappa shape index (κ1) is 15.5. The van der Waals surface area contributed by atoms with E-state index >= 15 is 0 Å². The van der Waals surface area contributed by atoms with Gasteiger partial charge < -0.3 is 0 Å². The fourth-order valence-corrected chi connectivity index (χ4v) is 4.47. The van der Waals surface area contributed by atoms with Crippen molar-refractivity contribution in [1.82, 2.24) is 4.98 Å². The van der Waals surface area contributed by atoms with Crippen LogP contribution in [0.1, 0.15) is 5.56 Å². The van der Waals surface area contributed by atoms with E-state index in [1.807, 2.05) is 6.92 Å². The largest absolute Gasteiger partial charge is 0.268 e. The summed E-state index contributed by atoms with van der Waals surface area (Å²) in [4.78, 5) is 4.15. The summed E-state index contributed by atoms with van der Waals surface area (Å²) >= 11 is 6.68. The molecule has 0 aliphatic carbocycles. The molecule has 4 nitrogen and oxygen atoms in total. The van der Waals surface area contributed by atoms with Crippen molar-refractivity contribution in [1.29, 1.82) is 0 Å². The van der Waals surface area contributed by atoms with E-state index in [1.54, 1.807) is 30.5 Å². The maximum Gasteiger partial charge on any atom is 0.265 e. The molecule has 1 heterocycles. The summed E-state index contributed by atoms with van der Waals surface area (Å²) in [5.41, 5.74) is 1.47. The van der Waals surface area contributed by atoms with E-state index in [4.69, 9.17) is 0 Å². The highest BCUT2D eigenvalue weighted by atomic mass is 79.9. The van der Waals surface area contributed by atoms with Gasteiger partial charge in [0.15, 0.2) is 0 Å². The zero-order valence-corrected chi connectivity index (χ0v) is 14.8. The minimum Gasteiger partial charge on any atom is -0.268 e. The molecule has 20 heavy (non-hydrogen) atoms. The number of halogens is 2. The summed E-state index contributed by atoms with van der Waals surface area (Å²) in [5.74, 6) is 0. The molecule has 0 atom stereocenters. The van der Waals surface area contributed by atoms with Gasteiger partial charge in [-0.2, -0.15) is 0 Å². The molecule has 1 aromatic heterocycles. The van der Waals surface area contributed by atoms with Gasteiger partial charge >= 0.3 is 0 Å². The van der Waals surface area contributed by atoms with E-state index in [2.05, 4.69) is 36.8 Å². The van der Waals surface area contributed by atoms with Gasteiger partial charge in [0.25, 0.3) is 10.0 Å². The summed E-state index contributed by atoms with van der Waals surface area (Å²) in [6, 6.07) is 6.76. The van der Waals surface area contributed by atoms with Crippen LogP contribution in [0.25, 0.3) is 0 Å². The molecular weight excluding hydrogens is 408 g/mol. The quantitative estimate of drug-likeness (QED) is 0.761. The molecule has 2 aromatic rings. The lowest BCUT2D eigenvalue weighted by molar-refractivity contribution is 0.593. The Morgan fingerprint density at radius 3 is 2.50 bits per heavy atom. The lowest BCUT2D eigenvalue weighted by atomic mass is 10.2. The number of sulfonamides is 1. The van der Waals surface area contributed by atoms with Gasteiger partial charge in [-0.25, -0.2) is 8.42 Å². The first-order valence-electron chi connectivity index (χ1n) is 5.68. The Balaban J connectivity index is 2.54. The third-order valence-electron chi connectivity index (χ3n) is 2.86. The van der Waals surface area contributed by atoms with Crippen LogP contribution in [0.4, 0.5) is 5.69 Å². The lowest BCUT2D eigenvalue weighted by Crippen LogP contribution is -2.27. The average Bonchev–Trinajstić information content (AvgIpc) is 2.42. The number of rotatable bonds is 3. The zero-order valence-electron chi connectivity index (χ0n) is 10.8. The van der Waals surface area contributed by atoms with Gasteiger partial charge in [-0.1, -0.05) is 15.9 Å². The highest BCUT2D eigenvalue weighted by molar-refractivity contribution is 9.11. The molecule has 0 spiro atoms. The van der Waals surface area contributed by atoms with Crippen molar-refractivity contribution < 1.29 is 8.42 Å². The number of hydrogen-bond donors (Lipinski definition) is 0. The van der Waals surface area contributed by atoms with Gasteiger partial charge in [-0.3, -0.25) is 9.29 Å². The van der Waals surface area contributed by atoms with Gasteiger partial charge in [-0.15, -0.1) is 0 Å². The molecule has 0 N–H and O–H groups in total. The summed E-state index contributed by atoms with van der Waals surface area (Å²) in [6.45, 7) is 1.90. The standard InChI is InChI=1S/C13H12Br2N2O2S/c1-9-6-12(15)13(7-11(9)14)20(18,19)17(2)10-4-3-5-16-8-10/h3-8H,1-2H3. The number of anilines is 1. The van der Waals surface area contributed by atoms with Crippen molar-refractivity contribution in [3.8, 4) is 0 Å². The van der Waals surface area contributed by atoms with Gasteiger partial charge in [0.1, 0.15) is 4.90 Å². The number of nitrogens with zero attached hydrogens (tertiary/aromatic N) is 2. The minimum absolute atomic E-state index is 0.210. The number of aromatic nitrogens is 1. The molecule has 1 aromatic carbocycles. The highest BCUT2D eigenvalue weighted by Crippen LogP contribution is 2.31. The van der Waals surface area contributed by atoms with E-state index in [0.717, 1.165) is 10.0 Å². The number of benzene rings is 1. The third-order valence-corrected chi connectivity index (χ3v) is 6.46. The molecule has 0 aliphatic heterocycles. The Kier molecular flexibility index (Phi) is 4.51. The van der Waals surface area contributed by atoms with Gasteiger partial charge in [0.05, 0.1) is 11.9 Å². The molecule has 106 valence electrons. The van der Waals surface area contributed by atoms with E-state index in [1.165, 1.54) is 17.5 Å². The normalized spacial score (nSPS) is 11.4. The minimum atomic E-state index is -3.65. The van der Waals surface area contributed by atoms with Crippen LogP contribution in [0.5, 0.6) is 0 Å². The van der Waals surface area contributed by atoms with Crippen LogP contribution in [0.3, 0.4) is 0 Å². The van der Waals surface area contributed by atoms with Crippen LogP contribution in [-0.4, -0.2) is 20.4 Å². The fourth-order valence-electron chi connectivity index (χ4n) is 1.65. The van der Waals surface area contributed by atoms with Crippen LogP contribution in [0.15, 0.2) is 50.5 Å². The predicted molar refractivity (Wildman–Crippen MR) is 86.4 cm³/mol. The Bertz CT molecular complexity index is 734. The molecule has 0 aliphatic rings. The number of aryl methyl sites for hydroxylation is 1. The second kappa shape index (κ2) is 5.83. The van der Waals surface area contributed by atoms with Crippen molar-refractivity contribution in [2.24, 2.45) is 0 Å². The predicted octanol–water partition coefficient (Wildman–Crippen LogP) is 3.74. The smallest absolute Gasteiger partial charge is 0.265 e. The van der Waals surface area contributed by atoms with Crippen LogP contribution < -0.4 is 4.31 Å². The summed E-state index contributed by atoms with van der Waals surface area (Å²) < 4.78 is 27.8. The fraction of sp³-hybridized carbons (Fsp3) is 0.154.